The second-order valence-corrected chi connectivity index (χ2v) is 12.3. The average Bonchev–Trinajstić information content (AvgIpc) is 2.60. The Kier molecular flexibility index (Phi) is 4.73. The molecular formula is C21H20N2O3Si. The molecule has 3 rings (SSSR count). The highest BCUT2D eigenvalue weighted by Crippen LogP contribution is 2.33. The van der Waals surface area contributed by atoms with Gasteiger partial charge in [-0.15, -0.1) is 5.54 Å². The van der Waals surface area contributed by atoms with Crippen molar-refractivity contribution in [1.82, 2.24) is 4.98 Å². The Morgan fingerprint density at radius 3 is 2.30 bits per heavy atom. The zero-order valence-corrected chi connectivity index (χ0v) is 16.7. The van der Waals surface area contributed by atoms with Gasteiger partial charge in [-0.1, -0.05) is 49.3 Å². The summed E-state index contributed by atoms with van der Waals surface area (Å²) in [7, 11) is -1.48. The van der Waals surface area contributed by atoms with E-state index in [-0.39, 0.29) is 16.9 Å². The lowest BCUT2D eigenvalue weighted by Crippen LogP contribution is -2.16. The van der Waals surface area contributed by atoms with Crippen molar-refractivity contribution in [2.24, 2.45) is 0 Å². The predicted molar refractivity (Wildman–Crippen MR) is 112 cm³/mol. The summed E-state index contributed by atoms with van der Waals surface area (Å²) >= 11 is 0. The Morgan fingerprint density at radius 2 is 1.70 bits per heavy atom. The van der Waals surface area contributed by atoms with Gasteiger partial charge < -0.3 is 4.98 Å². The number of H-pyrrole nitrogens is 1. The average molecular weight is 376 g/mol. The van der Waals surface area contributed by atoms with Gasteiger partial charge >= 0.3 is 5.69 Å². The minimum absolute atomic E-state index is 0.0921. The number of nitro groups is 1. The fourth-order valence-corrected chi connectivity index (χ4v) is 3.32. The van der Waals surface area contributed by atoms with Crippen molar-refractivity contribution in [1.29, 1.82) is 0 Å². The van der Waals surface area contributed by atoms with E-state index >= 15 is 0 Å². The van der Waals surface area contributed by atoms with Gasteiger partial charge in [0.05, 0.1) is 15.7 Å². The number of aryl methyl sites for hydroxylation is 1. The molecule has 0 saturated carbocycles. The highest BCUT2D eigenvalue weighted by atomic mass is 28.3. The van der Waals surface area contributed by atoms with Crippen LogP contribution >= 0.6 is 0 Å². The van der Waals surface area contributed by atoms with Gasteiger partial charge in [0.15, 0.2) is 0 Å². The van der Waals surface area contributed by atoms with E-state index in [1.54, 1.807) is 30.3 Å². The van der Waals surface area contributed by atoms with Gasteiger partial charge in [-0.25, -0.2) is 0 Å². The lowest BCUT2D eigenvalue weighted by molar-refractivity contribution is -0.382. The second kappa shape index (κ2) is 6.86. The molecule has 0 saturated heterocycles. The van der Waals surface area contributed by atoms with Crippen LogP contribution in [0.25, 0.3) is 22.0 Å². The fraction of sp³-hybridized carbons (Fsp3) is 0.190. The maximum atomic E-state index is 12.5. The van der Waals surface area contributed by atoms with E-state index in [1.165, 1.54) is 0 Å². The van der Waals surface area contributed by atoms with E-state index in [1.807, 2.05) is 19.1 Å². The molecule has 27 heavy (non-hydrogen) atoms. The smallest absolute Gasteiger partial charge is 0.301 e. The highest BCUT2D eigenvalue weighted by molar-refractivity contribution is 6.83. The molecule has 0 aliphatic rings. The molecule has 5 nitrogen and oxygen atoms in total. The van der Waals surface area contributed by atoms with Crippen molar-refractivity contribution < 1.29 is 4.92 Å². The summed E-state index contributed by atoms with van der Waals surface area (Å²) in [6.45, 7) is 8.34. The maximum Gasteiger partial charge on any atom is 0.301 e. The van der Waals surface area contributed by atoms with E-state index < -0.39 is 13.0 Å². The van der Waals surface area contributed by atoms with E-state index in [0.29, 0.717) is 16.3 Å². The lowest BCUT2D eigenvalue weighted by Gasteiger charge is -2.07. The molecule has 1 heterocycles. The molecule has 0 bridgehead atoms. The number of pyridine rings is 1. The van der Waals surface area contributed by atoms with Crippen LogP contribution in [0.15, 0.2) is 47.3 Å². The van der Waals surface area contributed by atoms with E-state index in [0.717, 1.165) is 11.1 Å². The summed E-state index contributed by atoms with van der Waals surface area (Å²) in [4.78, 5) is 26.5. The summed E-state index contributed by atoms with van der Waals surface area (Å²) in [6.07, 6.45) is 0. The Hall–Kier alpha value is -3.17. The van der Waals surface area contributed by atoms with Crippen LogP contribution in [-0.4, -0.2) is 18.0 Å². The molecule has 0 aliphatic carbocycles. The SMILES string of the molecule is Cc1ccc2c([N+](=O)[O-])c(-c3ccc(C#C[Si](C)(C)C)cc3)[nH]c(=O)c2c1. The van der Waals surface area contributed by atoms with Gasteiger partial charge in [-0.2, -0.15) is 0 Å². The largest absolute Gasteiger partial charge is 0.316 e. The standard InChI is InChI=1S/C21H20N2O3Si/c1-14-5-10-17-18(13-14)21(24)22-19(20(17)23(25)26)16-8-6-15(7-9-16)11-12-27(2,3)4/h5-10,13H,1-4H3,(H,22,24). The molecule has 0 aliphatic heterocycles. The molecule has 2 aromatic carbocycles. The molecule has 0 radical (unpaired) electrons. The third kappa shape index (κ3) is 3.99. The van der Waals surface area contributed by atoms with Gasteiger partial charge in [-0.05, 0) is 31.2 Å². The molecule has 1 aromatic heterocycles. The number of fused-ring (bicyclic) bond motifs is 1. The normalized spacial score (nSPS) is 11.1. The molecule has 0 spiro atoms. The summed E-state index contributed by atoms with van der Waals surface area (Å²) < 4.78 is 0. The van der Waals surface area contributed by atoms with Crippen molar-refractivity contribution in [3.8, 4) is 22.7 Å². The van der Waals surface area contributed by atoms with Crippen LogP contribution < -0.4 is 5.56 Å². The molecule has 0 amide bonds. The topological polar surface area (TPSA) is 76.0 Å². The summed E-state index contributed by atoms with van der Waals surface area (Å²) in [5.41, 5.74) is 5.38. The third-order valence-electron chi connectivity index (χ3n) is 4.09. The molecule has 136 valence electrons. The van der Waals surface area contributed by atoms with Crippen LogP contribution in [0.3, 0.4) is 0 Å². The van der Waals surface area contributed by atoms with Crippen molar-refractivity contribution in [2.75, 3.05) is 0 Å². The van der Waals surface area contributed by atoms with Crippen LogP contribution in [0.5, 0.6) is 0 Å². The Labute approximate surface area is 158 Å². The minimum atomic E-state index is -1.48. The molecule has 0 atom stereocenters. The molecule has 3 aromatic rings. The Balaban J connectivity index is 2.18. The minimum Gasteiger partial charge on any atom is -0.316 e. The van der Waals surface area contributed by atoms with Crippen LogP contribution in [0.4, 0.5) is 5.69 Å². The highest BCUT2D eigenvalue weighted by Gasteiger charge is 2.22. The van der Waals surface area contributed by atoms with Gasteiger partial charge in [0, 0.05) is 11.1 Å². The lowest BCUT2D eigenvalue weighted by atomic mass is 10.0. The molecule has 0 fully saturated rings. The van der Waals surface area contributed by atoms with Crippen LogP contribution in [-0.2, 0) is 0 Å². The first-order chi connectivity index (χ1) is 12.7. The first-order valence-corrected chi connectivity index (χ1v) is 12.1. The zero-order valence-electron chi connectivity index (χ0n) is 15.7. The molecular weight excluding hydrogens is 356 g/mol. The first-order valence-electron chi connectivity index (χ1n) is 8.60. The maximum absolute atomic E-state index is 12.5. The van der Waals surface area contributed by atoms with E-state index in [9.17, 15) is 14.9 Å². The summed E-state index contributed by atoms with van der Waals surface area (Å²) in [6, 6.07) is 12.2. The summed E-state index contributed by atoms with van der Waals surface area (Å²) in [5, 5.41) is 12.4. The molecule has 1 N–H and O–H groups in total. The number of nitrogens with zero attached hydrogens (tertiary/aromatic N) is 1. The fourth-order valence-electron chi connectivity index (χ4n) is 2.81. The number of aromatic nitrogens is 1. The number of hydrogen-bond acceptors (Lipinski definition) is 3. The van der Waals surface area contributed by atoms with Crippen molar-refractivity contribution in [2.45, 2.75) is 26.6 Å². The summed E-state index contributed by atoms with van der Waals surface area (Å²) in [5.74, 6) is 3.15. The monoisotopic (exact) mass is 376 g/mol. The third-order valence-corrected chi connectivity index (χ3v) is 4.96. The predicted octanol–water partition coefficient (Wildman–Crippen LogP) is 4.64. The van der Waals surface area contributed by atoms with Crippen molar-refractivity contribution in [3.63, 3.8) is 0 Å². The molecule has 6 heteroatoms. The first kappa shape index (κ1) is 18.6. The van der Waals surface area contributed by atoms with Gasteiger partial charge in [0.1, 0.15) is 13.8 Å². The number of nitrogens with one attached hydrogen (secondary N) is 1. The Bertz CT molecular complexity index is 1160. The van der Waals surface area contributed by atoms with Gasteiger partial charge in [0.2, 0.25) is 0 Å². The quantitative estimate of drug-likeness (QED) is 0.306. The van der Waals surface area contributed by atoms with Crippen LogP contribution in [0.1, 0.15) is 11.1 Å². The number of benzene rings is 2. The van der Waals surface area contributed by atoms with Crippen LogP contribution in [0, 0.1) is 28.5 Å². The van der Waals surface area contributed by atoms with Crippen LogP contribution in [0.2, 0.25) is 19.6 Å². The van der Waals surface area contributed by atoms with E-state index in [4.69, 9.17) is 0 Å². The Morgan fingerprint density at radius 1 is 1.04 bits per heavy atom. The number of rotatable bonds is 2. The van der Waals surface area contributed by atoms with E-state index in [2.05, 4.69) is 36.1 Å². The van der Waals surface area contributed by atoms with Gasteiger partial charge in [0.25, 0.3) is 5.56 Å². The van der Waals surface area contributed by atoms with Gasteiger partial charge in [-0.3, -0.25) is 14.9 Å². The zero-order chi connectivity index (χ0) is 19.8. The number of hydrogen-bond donors (Lipinski definition) is 1. The second-order valence-electron chi connectivity index (χ2n) is 7.56. The number of aromatic amines is 1. The molecule has 0 unspecified atom stereocenters. The van der Waals surface area contributed by atoms with Crippen molar-refractivity contribution >= 4 is 24.5 Å². The van der Waals surface area contributed by atoms with Crippen molar-refractivity contribution in [3.05, 3.63) is 74.1 Å².